The number of rotatable bonds is 3. The molecule has 2 fully saturated rings. The fourth-order valence-corrected chi connectivity index (χ4v) is 4.07. The van der Waals surface area contributed by atoms with Crippen molar-refractivity contribution in [2.75, 3.05) is 32.8 Å². The first-order valence-electron chi connectivity index (χ1n) is 7.01. The molecule has 19 heavy (non-hydrogen) atoms. The number of hydrogen-bond acceptors (Lipinski definition) is 5. The molecule has 0 aromatic carbocycles. The van der Waals surface area contributed by atoms with Crippen LogP contribution in [0.2, 0.25) is 0 Å². The Morgan fingerprint density at radius 2 is 2.00 bits per heavy atom. The van der Waals surface area contributed by atoms with Crippen LogP contribution in [0, 0.1) is 6.92 Å². The van der Waals surface area contributed by atoms with Crippen LogP contribution in [-0.2, 0) is 9.47 Å². The summed E-state index contributed by atoms with van der Waals surface area (Å²) in [6.07, 6.45) is 1.90. The van der Waals surface area contributed by atoms with Gasteiger partial charge in [0.25, 0.3) is 0 Å². The van der Waals surface area contributed by atoms with Gasteiger partial charge >= 0.3 is 0 Å². The zero-order valence-corrected chi connectivity index (χ0v) is 12.2. The van der Waals surface area contributed by atoms with Crippen LogP contribution in [0.5, 0.6) is 0 Å². The van der Waals surface area contributed by atoms with Gasteiger partial charge in [0.05, 0.1) is 19.3 Å². The highest BCUT2D eigenvalue weighted by Crippen LogP contribution is 2.35. The van der Waals surface area contributed by atoms with Crippen molar-refractivity contribution in [1.82, 2.24) is 4.90 Å². The Hall–Kier alpha value is -0.460. The Bertz CT molecular complexity index is 419. The van der Waals surface area contributed by atoms with Gasteiger partial charge in [-0.05, 0) is 19.1 Å². The monoisotopic (exact) mass is 282 g/mol. The van der Waals surface area contributed by atoms with Gasteiger partial charge in [0.15, 0.2) is 5.79 Å². The summed E-state index contributed by atoms with van der Waals surface area (Å²) in [4.78, 5) is 5.20. The molecular formula is C14H22N2O2S. The molecule has 2 aliphatic rings. The predicted molar refractivity (Wildman–Crippen MR) is 76.3 cm³/mol. The first-order chi connectivity index (χ1) is 9.22. The molecule has 1 atom stereocenters. The van der Waals surface area contributed by atoms with Crippen LogP contribution in [0.4, 0.5) is 0 Å². The maximum Gasteiger partial charge on any atom is 0.170 e. The lowest BCUT2D eigenvalue weighted by Gasteiger charge is -2.40. The molecule has 4 nitrogen and oxygen atoms in total. The maximum absolute atomic E-state index is 5.99. The maximum atomic E-state index is 5.99. The average molecular weight is 282 g/mol. The molecule has 3 rings (SSSR count). The lowest BCUT2D eigenvalue weighted by atomic mass is 10.0. The Kier molecular flexibility index (Phi) is 3.91. The number of hydrogen-bond donors (Lipinski definition) is 1. The zero-order chi connectivity index (χ0) is 13.3. The van der Waals surface area contributed by atoms with E-state index in [9.17, 15) is 0 Å². The van der Waals surface area contributed by atoms with E-state index in [4.69, 9.17) is 15.2 Å². The number of nitrogens with two attached hydrogens (primary N) is 1. The van der Waals surface area contributed by atoms with Gasteiger partial charge in [-0.15, -0.1) is 11.3 Å². The summed E-state index contributed by atoms with van der Waals surface area (Å²) >= 11 is 1.85. The van der Waals surface area contributed by atoms with Crippen molar-refractivity contribution in [2.24, 2.45) is 5.73 Å². The van der Waals surface area contributed by atoms with E-state index < -0.39 is 0 Å². The smallest absolute Gasteiger partial charge is 0.170 e. The highest BCUT2D eigenvalue weighted by atomic mass is 32.1. The topological polar surface area (TPSA) is 47.7 Å². The van der Waals surface area contributed by atoms with E-state index in [1.165, 1.54) is 9.75 Å². The molecule has 1 spiro atoms. The van der Waals surface area contributed by atoms with Crippen molar-refractivity contribution in [3.05, 3.63) is 21.9 Å². The van der Waals surface area contributed by atoms with Gasteiger partial charge in [-0.3, -0.25) is 4.90 Å². The van der Waals surface area contributed by atoms with Crippen molar-refractivity contribution in [1.29, 1.82) is 0 Å². The molecule has 0 radical (unpaired) electrons. The third kappa shape index (κ3) is 2.71. The molecule has 0 aliphatic carbocycles. The molecule has 2 saturated heterocycles. The second-order valence-corrected chi connectivity index (χ2v) is 6.66. The molecule has 106 valence electrons. The van der Waals surface area contributed by atoms with Crippen LogP contribution in [0.1, 0.15) is 28.6 Å². The van der Waals surface area contributed by atoms with E-state index in [-0.39, 0.29) is 5.79 Å². The highest BCUT2D eigenvalue weighted by Gasteiger charge is 2.41. The average Bonchev–Trinajstić information content (AvgIpc) is 3.03. The van der Waals surface area contributed by atoms with Crippen LogP contribution < -0.4 is 5.73 Å². The minimum absolute atomic E-state index is 0.291. The van der Waals surface area contributed by atoms with Crippen LogP contribution in [0.3, 0.4) is 0 Å². The molecule has 2 N–H and O–H groups in total. The summed E-state index contributed by atoms with van der Waals surface area (Å²) < 4.78 is 11.6. The largest absolute Gasteiger partial charge is 0.347 e. The van der Waals surface area contributed by atoms with Gasteiger partial charge in [0, 0.05) is 42.2 Å². The Balaban J connectivity index is 1.66. The third-order valence-corrected chi connectivity index (χ3v) is 5.23. The third-order valence-electron chi connectivity index (χ3n) is 4.13. The van der Waals surface area contributed by atoms with Crippen molar-refractivity contribution in [3.8, 4) is 0 Å². The summed E-state index contributed by atoms with van der Waals surface area (Å²) in [5.74, 6) is -0.291. The van der Waals surface area contributed by atoms with Crippen LogP contribution in [0.25, 0.3) is 0 Å². The minimum atomic E-state index is -0.291. The molecule has 3 heterocycles. The van der Waals surface area contributed by atoms with Crippen LogP contribution in [0.15, 0.2) is 12.1 Å². The van der Waals surface area contributed by atoms with E-state index in [0.29, 0.717) is 12.6 Å². The number of aryl methyl sites for hydroxylation is 1. The number of piperidine rings is 1. The van der Waals surface area contributed by atoms with Crippen LogP contribution >= 0.6 is 11.3 Å². The second-order valence-electron chi connectivity index (χ2n) is 5.34. The predicted octanol–water partition coefficient (Wildman–Crippen LogP) is 1.90. The number of likely N-dealkylation sites (tertiary alicyclic amines) is 1. The quantitative estimate of drug-likeness (QED) is 0.920. The minimum Gasteiger partial charge on any atom is -0.347 e. The first kappa shape index (κ1) is 13.5. The summed E-state index contributed by atoms with van der Waals surface area (Å²) in [6, 6.07) is 4.74. The van der Waals surface area contributed by atoms with E-state index in [2.05, 4.69) is 24.0 Å². The summed E-state index contributed by atoms with van der Waals surface area (Å²) in [5.41, 5.74) is 5.99. The Labute approximate surface area is 118 Å². The van der Waals surface area contributed by atoms with Crippen molar-refractivity contribution < 1.29 is 9.47 Å². The lowest BCUT2D eigenvalue weighted by molar-refractivity contribution is -0.187. The highest BCUT2D eigenvalue weighted by molar-refractivity contribution is 7.12. The van der Waals surface area contributed by atoms with E-state index in [1.807, 2.05) is 11.3 Å². The zero-order valence-electron chi connectivity index (χ0n) is 11.4. The summed E-state index contributed by atoms with van der Waals surface area (Å²) in [6.45, 7) is 6.30. The van der Waals surface area contributed by atoms with Gasteiger partial charge in [-0.1, -0.05) is 0 Å². The Morgan fingerprint density at radius 1 is 1.32 bits per heavy atom. The second kappa shape index (κ2) is 5.50. The molecule has 0 saturated carbocycles. The van der Waals surface area contributed by atoms with Gasteiger partial charge in [-0.25, -0.2) is 0 Å². The fourth-order valence-electron chi connectivity index (χ4n) is 3.04. The standard InChI is InChI=1S/C14H22N2O2S/c1-11-2-3-13(19-11)12(10-15)16-6-4-14(5-7-16)17-8-9-18-14/h2-3,12H,4-10,15H2,1H3. The van der Waals surface area contributed by atoms with E-state index in [0.717, 1.165) is 39.1 Å². The van der Waals surface area contributed by atoms with E-state index in [1.54, 1.807) is 0 Å². The molecule has 2 aliphatic heterocycles. The van der Waals surface area contributed by atoms with Gasteiger partial charge in [-0.2, -0.15) is 0 Å². The molecule has 1 aromatic rings. The van der Waals surface area contributed by atoms with Crippen molar-refractivity contribution >= 4 is 11.3 Å². The van der Waals surface area contributed by atoms with Gasteiger partial charge in [0.2, 0.25) is 0 Å². The summed E-state index contributed by atoms with van der Waals surface area (Å²) in [5, 5.41) is 0. The fraction of sp³-hybridized carbons (Fsp3) is 0.714. The number of thiophene rings is 1. The molecule has 1 unspecified atom stereocenters. The Morgan fingerprint density at radius 3 is 2.53 bits per heavy atom. The molecule has 0 bridgehead atoms. The molecular weight excluding hydrogens is 260 g/mol. The van der Waals surface area contributed by atoms with Crippen LogP contribution in [-0.4, -0.2) is 43.5 Å². The van der Waals surface area contributed by atoms with Crippen molar-refractivity contribution in [2.45, 2.75) is 31.6 Å². The number of ether oxygens (including phenoxy) is 2. The normalized spacial score (nSPS) is 24.9. The van der Waals surface area contributed by atoms with Gasteiger partial charge < -0.3 is 15.2 Å². The molecule has 1 aromatic heterocycles. The number of nitrogens with zero attached hydrogens (tertiary/aromatic N) is 1. The lowest BCUT2D eigenvalue weighted by Crippen LogP contribution is -2.47. The first-order valence-corrected chi connectivity index (χ1v) is 7.82. The van der Waals surface area contributed by atoms with E-state index >= 15 is 0 Å². The summed E-state index contributed by atoms with van der Waals surface area (Å²) in [7, 11) is 0. The SMILES string of the molecule is Cc1ccc(C(CN)N2CCC3(CC2)OCCO3)s1. The molecule has 0 amide bonds. The van der Waals surface area contributed by atoms with Crippen molar-refractivity contribution in [3.63, 3.8) is 0 Å². The van der Waals surface area contributed by atoms with Gasteiger partial charge in [0.1, 0.15) is 0 Å². The molecule has 5 heteroatoms.